The molecule has 1 fully saturated rings. The predicted molar refractivity (Wildman–Crippen MR) is 125 cm³/mol. The van der Waals surface area contributed by atoms with Crippen molar-refractivity contribution >= 4 is 45.3 Å². The highest BCUT2D eigenvalue weighted by Gasteiger charge is 2.31. The maximum atomic E-state index is 13.4. The minimum Gasteiger partial charge on any atom is -0.336 e. The Morgan fingerprint density at radius 2 is 2.10 bits per heavy atom. The molecule has 0 spiro atoms. The highest BCUT2D eigenvalue weighted by molar-refractivity contribution is 8.00. The van der Waals surface area contributed by atoms with Gasteiger partial charge in [-0.2, -0.15) is 0 Å². The lowest BCUT2D eigenvalue weighted by molar-refractivity contribution is -0.126. The zero-order valence-electron chi connectivity index (χ0n) is 17.3. The molecule has 31 heavy (non-hydrogen) atoms. The van der Waals surface area contributed by atoms with Gasteiger partial charge in [0.25, 0.3) is 5.56 Å². The molecule has 3 aromatic rings. The number of fused-ring (bicyclic) bond motifs is 1. The largest absolute Gasteiger partial charge is 0.336 e. The lowest BCUT2D eigenvalue weighted by Crippen LogP contribution is -2.39. The summed E-state index contributed by atoms with van der Waals surface area (Å²) in [7, 11) is 0. The van der Waals surface area contributed by atoms with Crippen molar-refractivity contribution in [1.29, 1.82) is 0 Å². The summed E-state index contributed by atoms with van der Waals surface area (Å²) in [6, 6.07) is 7.64. The van der Waals surface area contributed by atoms with Crippen molar-refractivity contribution in [2.45, 2.75) is 30.8 Å². The molecule has 0 bridgehead atoms. The van der Waals surface area contributed by atoms with Gasteiger partial charge in [0.15, 0.2) is 5.16 Å². The van der Waals surface area contributed by atoms with Crippen molar-refractivity contribution in [2.24, 2.45) is 0 Å². The quantitative estimate of drug-likeness (QED) is 0.349. The van der Waals surface area contributed by atoms with Crippen molar-refractivity contribution in [1.82, 2.24) is 19.8 Å². The van der Waals surface area contributed by atoms with Crippen LogP contribution in [0.4, 0.5) is 4.79 Å². The second-order valence-electron chi connectivity index (χ2n) is 7.28. The number of aryl methyl sites for hydroxylation is 1. The fraction of sp³-hybridized carbons (Fsp3) is 0.273. The molecule has 1 atom stereocenters. The maximum absolute atomic E-state index is 13.4. The second kappa shape index (κ2) is 8.68. The molecule has 160 valence electrons. The van der Waals surface area contributed by atoms with E-state index in [2.05, 4.69) is 11.9 Å². The molecule has 2 aromatic heterocycles. The molecule has 0 radical (unpaired) electrons. The first-order valence-corrected chi connectivity index (χ1v) is 11.6. The van der Waals surface area contributed by atoms with Crippen LogP contribution in [-0.4, -0.2) is 44.7 Å². The number of nitrogens with zero attached hydrogens (tertiary/aromatic N) is 3. The number of allylic oxidation sites excluding steroid dienone is 1. The number of thiophene rings is 1. The Kier molecular flexibility index (Phi) is 5.97. The minimum absolute atomic E-state index is 0.164. The molecule has 0 aliphatic carbocycles. The number of aromatic nitrogens is 2. The van der Waals surface area contributed by atoms with Crippen molar-refractivity contribution < 1.29 is 9.59 Å². The lowest BCUT2D eigenvalue weighted by atomic mass is 10.1. The zero-order chi connectivity index (χ0) is 22.1. The number of carbonyl (C=O) groups excluding carboxylic acids is 2. The van der Waals surface area contributed by atoms with Crippen molar-refractivity contribution in [3.05, 3.63) is 58.2 Å². The molecule has 3 amide bonds. The van der Waals surface area contributed by atoms with Gasteiger partial charge in [0.2, 0.25) is 5.91 Å². The van der Waals surface area contributed by atoms with Gasteiger partial charge >= 0.3 is 6.03 Å². The Balaban J connectivity index is 1.74. The fourth-order valence-corrected chi connectivity index (χ4v) is 5.41. The molecular formula is C22H22N4O3S2. The number of rotatable bonds is 6. The summed E-state index contributed by atoms with van der Waals surface area (Å²) >= 11 is 2.59. The lowest BCUT2D eigenvalue weighted by Gasteiger charge is -2.18. The van der Waals surface area contributed by atoms with Gasteiger partial charge in [0.05, 0.1) is 10.6 Å². The highest BCUT2D eigenvalue weighted by atomic mass is 32.2. The SMILES string of the molecule is C=CCn1c(SC(C)C(=O)N2CCNC2=O)nc2scc(-c3ccc(C)cc3)c2c1=O. The summed E-state index contributed by atoms with van der Waals surface area (Å²) in [5.74, 6) is -0.300. The van der Waals surface area contributed by atoms with Crippen LogP contribution in [0.15, 0.2) is 52.3 Å². The second-order valence-corrected chi connectivity index (χ2v) is 9.44. The fourth-order valence-electron chi connectivity index (χ4n) is 3.44. The molecule has 1 aliphatic heterocycles. The summed E-state index contributed by atoms with van der Waals surface area (Å²) < 4.78 is 1.54. The van der Waals surface area contributed by atoms with Crippen LogP contribution < -0.4 is 10.9 Å². The van der Waals surface area contributed by atoms with E-state index >= 15 is 0 Å². The highest BCUT2D eigenvalue weighted by Crippen LogP contribution is 2.33. The Hall–Kier alpha value is -2.91. The molecule has 1 aromatic carbocycles. The van der Waals surface area contributed by atoms with Gasteiger partial charge in [-0.1, -0.05) is 47.7 Å². The van der Waals surface area contributed by atoms with Crippen LogP contribution in [-0.2, 0) is 11.3 Å². The van der Waals surface area contributed by atoms with E-state index in [4.69, 9.17) is 4.98 Å². The number of thioether (sulfide) groups is 1. The smallest absolute Gasteiger partial charge is 0.324 e. The normalized spacial score (nSPS) is 14.6. The zero-order valence-corrected chi connectivity index (χ0v) is 18.9. The number of benzene rings is 1. The van der Waals surface area contributed by atoms with E-state index in [1.807, 2.05) is 36.6 Å². The Labute approximate surface area is 187 Å². The Morgan fingerprint density at radius 1 is 1.35 bits per heavy atom. The number of urea groups is 1. The van der Waals surface area contributed by atoms with E-state index in [1.165, 1.54) is 32.6 Å². The van der Waals surface area contributed by atoms with Gasteiger partial charge in [-0.05, 0) is 19.4 Å². The van der Waals surface area contributed by atoms with Crippen LogP contribution in [0.5, 0.6) is 0 Å². The van der Waals surface area contributed by atoms with Gasteiger partial charge in [-0.3, -0.25) is 19.1 Å². The average Bonchev–Trinajstić information content (AvgIpc) is 3.37. The molecule has 0 saturated carbocycles. The van der Waals surface area contributed by atoms with E-state index in [0.717, 1.165) is 16.7 Å². The van der Waals surface area contributed by atoms with Crippen LogP contribution in [0, 0.1) is 6.92 Å². The number of hydrogen-bond acceptors (Lipinski definition) is 6. The summed E-state index contributed by atoms with van der Waals surface area (Å²) in [6.45, 7) is 8.57. The Bertz CT molecular complexity index is 1230. The van der Waals surface area contributed by atoms with Crippen molar-refractivity contribution in [2.75, 3.05) is 13.1 Å². The van der Waals surface area contributed by atoms with E-state index in [9.17, 15) is 14.4 Å². The molecule has 1 N–H and O–H groups in total. The third kappa shape index (κ3) is 4.03. The molecule has 3 heterocycles. The van der Waals surface area contributed by atoms with E-state index in [0.29, 0.717) is 28.5 Å². The molecule has 7 nitrogen and oxygen atoms in total. The average molecular weight is 455 g/mol. The molecule has 9 heteroatoms. The van der Waals surface area contributed by atoms with Crippen LogP contribution in [0.1, 0.15) is 12.5 Å². The minimum atomic E-state index is -0.569. The van der Waals surface area contributed by atoms with Gasteiger partial charge < -0.3 is 5.32 Å². The number of amides is 3. The predicted octanol–water partition coefficient (Wildman–Crippen LogP) is 3.65. The summed E-state index contributed by atoms with van der Waals surface area (Å²) in [5, 5.41) is 5.01. The first-order valence-electron chi connectivity index (χ1n) is 9.86. The maximum Gasteiger partial charge on any atom is 0.324 e. The third-order valence-corrected chi connectivity index (χ3v) is 7.04. The van der Waals surface area contributed by atoms with E-state index in [1.54, 1.807) is 13.0 Å². The van der Waals surface area contributed by atoms with Crippen molar-refractivity contribution in [3.63, 3.8) is 0 Å². The number of nitrogens with one attached hydrogen (secondary N) is 1. The molecule has 1 aliphatic rings. The van der Waals surface area contributed by atoms with Gasteiger partial charge in [0, 0.05) is 30.6 Å². The first kappa shape index (κ1) is 21.3. The standard InChI is InChI=1S/C22H22N4O3S2/c1-4-10-26-20(28)17-16(15-7-5-13(2)6-8-15)12-30-18(17)24-22(26)31-14(3)19(27)25-11-9-23-21(25)29/h4-8,12,14H,1,9-11H2,2-3H3,(H,23,29). The summed E-state index contributed by atoms with van der Waals surface area (Å²) in [5.41, 5.74) is 2.80. The number of imide groups is 1. The summed E-state index contributed by atoms with van der Waals surface area (Å²) in [6.07, 6.45) is 1.64. The number of carbonyl (C=O) groups is 2. The molecular weight excluding hydrogens is 432 g/mol. The Morgan fingerprint density at radius 3 is 2.74 bits per heavy atom. The van der Waals surface area contributed by atoms with E-state index in [-0.39, 0.29) is 24.0 Å². The van der Waals surface area contributed by atoms with Crippen LogP contribution >= 0.6 is 23.1 Å². The van der Waals surface area contributed by atoms with Gasteiger partial charge in [-0.25, -0.2) is 9.78 Å². The molecule has 1 saturated heterocycles. The molecule has 1 unspecified atom stereocenters. The molecule has 4 rings (SSSR count). The van der Waals surface area contributed by atoms with Crippen LogP contribution in [0.2, 0.25) is 0 Å². The van der Waals surface area contributed by atoms with Gasteiger partial charge in [-0.15, -0.1) is 17.9 Å². The van der Waals surface area contributed by atoms with Crippen LogP contribution in [0.25, 0.3) is 21.3 Å². The third-order valence-electron chi connectivity index (χ3n) is 5.09. The van der Waals surface area contributed by atoms with Crippen LogP contribution in [0.3, 0.4) is 0 Å². The van der Waals surface area contributed by atoms with Gasteiger partial charge in [0.1, 0.15) is 4.83 Å². The van der Waals surface area contributed by atoms with Crippen molar-refractivity contribution in [3.8, 4) is 11.1 Å². The monoisotopic (exact) mass is 454 g/mol. The first-order chi connectivity index (χ1) is 14.9. The van der Waals surface area contributed by atoms with E-state index < -0.39 is 5.25 Å². The number of hydrogen-bond donors (Lipinski definition) is 1. The topological polar surface area (TPSA) is 84.3 Å². The summed E-state index contributed by atoms with van der Waals surface area (Å²) in [4.78, 5) is 44.5.